The minimum absolute atomic E-state index is 0.266. The van der Waals surface area contributed by atoms with Crippen LogP contribution in [-0.4, -0.2) is 18.2 Å². The second-order valence-electron chi connectivity index (χ2n) is 3.91. The molecule has 0 radical (unpaired) electrons. The van der Waals surface area contributed by atoms with Crippen LogP contribution in [0.25, 0.3) is 0 Å². The maximum Gasteiger partial charge on any atom is 0.338 e. The van der Waals surface area contributed by atoms with Crippen LogP contribution < -0.4 is 0 Å². The summed E-state index contributed by atoms with van der Waals surface area (Å²) in [7, 11) is 1.37. The molecule has 0 saturated heterocycles. The van der Waals surface area contributed by atoms with E-state index in [9.17, 15) is 9.90 Å². The van der Waals surface area contributed by atoms with E-state index in [1.54, 1.807) is 6.07 Å². The number of phenolic OH excluding ortho intramolecular Hbond substituents is 1. The topological polar surface area (TPSA) is 46.5 Å². The summed E-state index contributed by atoms with van der Waals surface area (Å²) in [6.07, 6.45) is 3.76. The number of fused-ring (bicyclic) bond motifs is 1. The van der Waals surface area contributed by atoms with Gasteiger partial charge in [0.25, 0.3) is 0 Å². The van der Waals surface area contributed by atoms with Crippen LogP contribution in [0.1, 0.15) is 34.3 Å². The van der Waals surface area contributed by atoms with Crippen molar-refractivity contribution in [2.45, 2.75) is 25.7 Å². The smallest absolute Gasteiger partial charge is 0.338 e. The molecule has 0 aromatic heterocycles. The molecule has 1 aromatic rings. The predicted molar refractivity (Wildman–Crippen MR) is 63.8 cm³/mol. The highest BCUT2D eigenvalue weighted by Crippen LogP contribution is 2.37. The standard InChI is InChI=1S/C12H13BrO3/c1-16-12(15)9-6-10(13)11(14)8-5-3-2-4-7(8)9/h6,14H,2-5H2,1H3. The summed E-state index contributed by atoms with van der Waals surface area (Å²) in [5.41, 5.74) is 2.40. The number of carbonyl (C=O) groups excluding carboxylic acids is 1. The third kappa shape index (κ3) is 1.82. The Balaban J connectivity index is 2.61. The fourth-order valence-corrected chi connectivity index (χ4v) is 2.65. The lowest BCUT2D eigenvalue weighted by Gasteiger charge is -2.20. The van der Waals surface area contributed by atoms with Crippen molar-refractivity contribution in [3.63, 3.8) is 0 Å². The average molecular weight is 285 g/mol. The molecular formula is C12H13BrO3. The number of esters is 1. The third-order valence-electron chi connectivity index (χ3n) is 2.98. The van der Waals surface area contributed by atoms with E-state index >= 15 is 0 Å². The van der Waals surface area contributed by atoms with Crippen molar-refractivity contribution in [1.82, 2.24) is 0 Å². The van der Waals surface area contributed by atoms with Crippen LogP contribution in [0, 0.1) is 0 Å². The molecule has 0 fully saturated rings. The van der Waals surface area contributed by atoms with E-state index in [2.05, 4.69) is 15.9 Å². The van der Waals surface area contributed by atoms with Gasteiger partial charge >= 0.3 is 5.97 Å². The summed E-state index contributed by atoms with van der Waals surface area (Å²) in [5, 5.41) is 9.92. The first-order chi connectivity index (χ1) is 7.65. The number of hydrogen-bond donors (Lipinski definition) is 1. The fraction of sp³-hybridized carbons (Fsp3) is 0.417. The van der Waals surface area contributed by atoms with Crippen LogP contribution in [0.2, 0.25) is 0 Å². The van der Waals surface area contributed by atoms with E-state index in [0.717, 1.165) is 36.8 Å². The van der Waals surface area contributed by atoms with E-state index in [1.165, 1.54) is 7.11 Å². The Bertz CT molecular complexity index is 440. The van der Waals surface area contributed by atoms with Crippen LogP contribution in [-0.2, 0) is 17.6 Å². The number of methoxy groups -OCH3 is 1. The minimum Gasteiger partial charge on any atom is -0.506 e. The van der Waals surface area contributed by atoms with Crippen LogP contribution in [0.3, 0.4) is 0 Å². The van der Waals surface area contributed by atoms with Gasteiger partial charge in [-0.1, -0.05) is 0 Å². The van der Waals surface area contributed by atoms with Crippen molar-refractivity contribution in [3.8, 4) is 5.75 Å². The van der Waals surface area contributed by atoms with Crippen molar-refractivity contribution in [2.24, 2.45) is 0 Å². The molecule has 0 heterocycles. The molecule has 2 rings (SSSR count). The quantitative estimate of drug-likeness (QED) is 0.807. The first-order valence-electron chi connectivity index (χ1n) is 5.26. The SMILES string of the molecule is COC(=O)c1cc(Br)c(O)c2c1CCCC2. The number of rotatable bonds is 1. The summed E-state index contributed by atoms with van der Waals surface area (Å²) >= 11 is 3.26. The van der Waals surface area contributed by atoms with Crippen molar-refractivity contribution < 1.29 is 14.6 Å². The Morgan fingerprint density at radius 3 is 2.62 bits per heavy atom. The van der Waals surface area contributed by atoms with Gasteiger partial charge in [-0.15, -0.1) is 0 Å². The second kappa shape index (κ2) is 4.45. The molecule has 0 saturated carbocycles. The van der Waals surface area contributed by atoms with Gasteiger partial charge in [0, 0.05) is 0 Å². The highest BCUT2D eigenvalue weighted by molar-refractivity contribution is 9.10. The van der Waals surface area contributed by atoms with E-state index in [0.29, 0.717) is 10.0 Å². The summed E-state index contributed by atoms with van der Waals surface area (Å²) in [5.74, 6) is -0.0683. The molecular weight excluding hydrogens is 272 g/mol. The van der Waals surface area contributed by atoms with Gasteiger partial charge in [0.05, 0.1) is 17.1 Å². The van der Waals surface area contributed by atoms with Crippen LogP contribution in [0.5, 0.6) is 5.75 Å². The lowest BCUT2D eigenvalue weighted by molar-refractivity contribution is 0.0599. The summed E-state index contributed by atoms with van der Waals surface area (Å²) in [6, 6.07) is 1.64. The van der Waals surface area contributed by atoms with E-state index < -0.39 is 0 Å². The Morgan fingerprint density at radius 2 is 2.00 bits per heavy atom. The first kappa shape index (κ1) is 11.5. The van der Waals surface area contributed by atoms with Gasteiger partial charge in [0.1, 0.15) is 5.75 Å². The summed E-state index contributed by atoms with van der Waals surface area (Å²) in [4.78, 5) is 11.6. The number of aromatic hydroxyl groups is 1. The molecule has 0 aliphatic heterocycles. The molecule has 3 nitrogen and oxygen atoms in total. The van der Waals surface area contributed by atoms with Crippen LogP contribution in [0.4, 0.5) is 0 Å². The Morgan fingerprint density at radius 1 is 1.38 bits per heavy atom. The normalized spacial score (nSPS) is 14.4. The Kier molecular flexibility index (Phi) is 3.19. The van der Waals surface area contributed by atoms with Gasteiger partial charge in [0.2, 0.25) is 0 Å². The molecule has 1 aliphatic rings. The molecule has 1 aromatic carbocycles. The molecule has 4 heteroatoms. The van der Waals surface area contributed by atoms with Crippen LogP contribution >= 0.6 is 15.9 Å². The van der Waals surface area contributed by atoms with Crippen molar-refractivity contribution >= 4 is 21.9 Å². The maximum atomic E-state index is 11.6. The molecule has 86 valence electrons. The van der Waals surface area contributed by atoms with Crippen LogP contribution in [0.15, 0.2) is 10.5 Å². The number of benzene rings is 1. The highest BCUT2D eigenvalue weighted by atomic mass is 79.9. The monoisotopic (exact) mass is 284 g/mol. The van der Waals surface area contributed by atoms with Crippen molar-refractivity contribution in [2.75, 3.05) is 7.11 Å². The third-order valence-corrected chi connectivity index (χ3v) is 3.59. The zero-order valence-corrected chi connectivity index (χ0v) is 10.6. The van der Waals surface area contributed by atoms with E-state index in [1.807, 2.05) is 0 Å². The number of hydrogen-bond acceptors (Lipinski definition) is 3. The molecule has 1 aliphatic carbocycles. The summed E-state index contributed by atoms with van der Waals surface area (Å²) in [6.45, 7) is 0. The first-order valence-corrected chi connectivity index (χ1v) is 6.06. The van der Waals surface area contributed by atoms with Gasteiger partial charge in [-0.2, -0.15) is 0 Å². The largest absolute Gasteiger partial charge is 0.506 e. The van der Waals surface area contributed by atoms with Gasteiger partial charge in [-0.25, -0.2) is 4.79 Å². The number of carbonyl (C=O) groups is 1. The van der Waals surface area contributed by atoms with Gasteiger partial charge in [0.15, 0.2) is 0 Å². The highest BCUT2D eigenvalue weighted by Gasteiger charge is 2.23. The molecule has 1 N–H and O–H groups in total. The van der Waals surface area contributed by atoms with Gasteiger partial charge < -0.3 is 9.84 Å². The lowest BCUT2D eigenvalue weighted by Crippen LogP contribution is -2.12. The number of halogens is 1. The zero-order chi connectivity index (χ0) is 11.7. The summed E-state index contributed by atoms with van der Waals surface area (Å²) < 4.78 is 5.32. The lowest BCUT2D eigenvalue weighted by atomic mass is 9.87. The van der Waals surface area contributed by atoms with E-state index in [-0.39, 0.29) is 11.7 Å². The second-order valence-corrected chi connectivity index (χ2v) is 4.76. The Hall–Kier alpha value is -1.03. The molecule has 16 heavy (non-hydrogen) atoms. The predicted octanol–water partition coefficient (Wildman–Crippen LogP) is 2.82. The van der Waals surface area contributed by atoms with Gasteiger partial charge in [-0.3, -0.25) is 0 Å². The fourth-order valence-electron chi connectivity index (χ4n) is 2.18. The molecule has 0 atom stereocenters. The number of ether oxygens (including phenoxy) is 1. The van der Waals surface area contributed by atoms with Crippen molar-refractivity contribution in [3.05, 3.63) is 27.2 Å². The number of phenols is 1. The molecule has 0 unspecified atom stereocenters. The minimum atomic E-state index is -0.334. The molecule has 0 bridgehead atoms. The average Bonchev–Trinajstić information content (AvgIpc) is 2.33. The molecule has 0 amide bonds. The van der Waals surface area contributed by atoms with E-state index in [4.69, 9.17) is 4.74 Å². The maximum absolute atomic E-state index is 11.6. The Labute approximate surface area is 103 Å². The zero-order valence-electron chi connectivity index (χ0n) is 9.05. The molecule has 0 spiro atoms. The van der Waals surface area contributed by atoms with Crippen molar-refractivity contribution in [1.29, 1.82) is 0 Å². The van der Waals surface area contributed by atoms with Gasteiger partial charge in [-0.05, 0) is 58.8 Å².